The lowest BCUT2D eigenvalue weighted by Gasteiger charge is -2.37. The Balaban J connectivity index is 3.25. The van der Waals surface area contributed by atoms with Crippen LogP contribution in [0.25, 0.3) is 0 Å². The number of hydrogen-bond acceptors (Lipinski definition) is 6. The molecule has 0 aromatic heterocycles. The molecule has 15 heteroatoms. The highest BCUT2D eigenvalue weighted by Crippen LogP contribution is 2.49. The SMILES string of the molecule is CCC(CC(C)(CC(C)(C)C(=O)OCC1CO1)C(=O)OCC(F)(F)C(F)(F)C(F)(F)C(F)F)C(=O)N(C)C. The number of alkyl halides is 8. The third-order valence-electron chi connectivity index (χ3n) is 6.20. The van der Waals surface area contributed by atoms with Crippen LogP contribution < -0.4 is 0 Å². The van der Waals surface area contributed by atoms with Gasteiger partial charge in [-0.3, -0.25) is 14.4 Å². The summed E-state index contributed by atoms with van der Waals surface area (Å²) in [6.45, 7) is 3.01. The van der Waals surface area contributed by atoms with E-state index in [0.29, 0.717) is 6.61 Å². The summed E-state index contributed by atoms with van der Waals surface area (Å²) in [5, 5.41) is 0. The van der Waals surface area contributed by atoms with Crippen molar-refractivity contribution in [2.75, 3.05) is 33.9 Å². The molecule has 0 spiro atoms. The fourth-order valence-electron chi connectivity index (χ4n) is 3.92. The first-order valence-electron chi connectivity index (χ1n) is 11.6. The second-order valence-electron chi connectivity index (χ2n) is 10.5. The van der Waals surface area contributed by atoms with Crippen molar-refractivity contribution in [3.63, 3.8) is 0 Å². The van der Waals surface area contributed by atoms with E-state index in [1.807, 2.05) is 0 Å². The molecule has 3 atom stereocenters. The number of esters is 2. The predicted octanol–water partition coefficient (Wildman–Crippen LogP) is 4.57. The highest BCUT2D eigenvalue weighted by molar-refractivity contribution is 5.83. The standard InChI is InChI=1S/C23H33F8NO6/c1-7-13(15(33)32(5)6)8-20(4,11-19(2,3)17(34)37-10-14-9-36-14)18(35)38-12-21(26,27)23(30,31)22(28,29)16(24)25/h13-14,16H,7-12H2,1-6H3. The van der Waals surface area contributed by atoms with Crippen molar-refractivity contribution in [1.29, 1.82) is 0 Å². The monoisotopic (exact) mass is 571 g/mol. The van der Waals surface area contributed by atoms with Crippen LogP contribution in [-0.4, -0.2) is 87.0 Å². The highest BCUT2D eigenvalue weighted by atomic mass is 19.4. The Labute approximate surface area is 215 Å². The van der Waals surface area contributed by atoms with Gasteiger partial charge < -0.3 is 19.1 Å². The predicted molar refractivity (Wildman–Crippen MR) is 116 cm³/mol. The summed E-state index contributed by atoms with van der Waals surface area (Å²) in [7, 11) is 2.82. The molecule has 0 aromatic carbocycles. The molecule has 1 rings (SSSR count). The van der Waals surface area contributed by atoms with Crippen molar-refractivity contribution in [1.82, 2.24) is 4.90 Å². The van der Waals surface area contributed by atoms with Crippen molar-refractivity contribution in [2.45, 2.75) is 77.3 Å². The van der Waals surface area contributed by atoms with Gasteiger partial charge in [0.1, 0.15) is 12.7 Å². The summed E-state index contributed by atoms with van der Waals surface area (Å²) < 4.78 is 121. The summed E-state index contributed by atoms with van der Waals surface area (Å²) in [4.78, 5) is 39.4. The van der Waals surface area contributed by atoms with Crippen molar-refractivity contribution < 1.29 is 63.7 Å². The largest absolute Gasteiger partial charge is 0.462 e. The molecule has 1 heterocycles. The van der Waals surface area contributed by atoms with E-state index in [0.717, 1.165) is 6.92 Å². The molecule has 0 N–H and O–H groups in total. The number of hydrogen-bond donors (Lipinski definition) is 0. The molecule has 0 saturated carbocycles. The van der Waals surface area contributed by atoms with Gasteiger partial charge in [-0.15, -0.1) is 0 Å². The van der Waals surface area contributed by atoms with E-state index in [1.165, 1.54) is 32.8 Å². The van der Waals surface area contributed by atoms with Crippen LogP contribution in [0.5, 0.6) is 0 Å². The van der Waals surface area contributed by atoms with E-state index in [4.69, 9.17) is 9.47 Å². The van der Waals surface area contributed by atoms with Crippen LogP contribution in [0.3, 0.4) is 0 Å². The van der Waals surface area contributed by atoms with E-state index in [1.54, 1.807) is 6.92 Å². The van der Waals surface area contributed by atoms with Gasteiger partial charge in [-0.2, -0.15) is 26.3 Å². The minimum absolute atomic E-state index is 0.0974. The molecule has 0 bridgehead atoms. The van der Waals surface area contributed by atoms with Crippen molar-refractivity contribution in [3.8, 4) is 0 Å². The van der Waals surface area contributed by atoms with Gasteiger partial charge in [-0.05, 0) is 40.0 Å². The Kier molecular flexibility index (Phi) is 10.6. The Morgan fingerprint density at radius 1 is 0.974 bits per heavy atom. The van der Waals surface area contributed by atoms with Crippen molar-refractivity contribution in [2.24, 2.45) is 16.7 Å². The van der Waals surface area contributed by atoms with Gasteiger partial charge in [0.25, 0.3) is 0 Å². The number of ether oxygens (including phenoxy) is 3. The third-order valence-corrected chi connectivity index (χ3v) is 6.20. The lowest BCUT2D eigenvalue weighted by atomic mass is 9.69. The van der Waals surface area contributed by atoms with Gasteiger partial charge in [-0.25, -0.2) is 8.78 Å². The summed E-state index contributed by atoms with van der Waals surface area (Å²) in [5.41, 5.74) is -3.47. The Morgan fingerprint density at radius 3 is 1.92 bits per heavy atom. The first kappa shape index (κ1) is 33.8. The molecular weight excluding hydrogens is 538 g/mol. The van der Waals surface area contributed by atoms with Crippen LogP contribution in [0.2, 0.25) is 0 Å². The zero-order chi connectivity index (χ0) is 29.9. The number of amides is 1. The van der Waals surface area contributed by atoms with Crippen LogP contribution in [0, 0.1) is 16.7 Å². The zero-order valence-corrected chi connectivity index (χ0v) is 21.9. The molecule has 1 amide bonds. The number of rotatable bonds is 15. The highest BCUT2D eigenvalue weighted by Gasteiger charge is 2.75. The van der Waals surface area contributed by atoms with Gasteiger partial charge in [0.05, 0.1) is 17.4 Å². The molecule has 1 fully saturated rings. The number of halogens is 8. The molecule has 0 aromatic rings. The van der Waals surface area contributed by atoms with Crippen molar-refractivity contribution in [3.05, 3.63) is 0 Å². The van der Waals surface area contributed by atoms with Gasteiger partial charge in [-0.1, -0.05) is 6.92 Å². The minimum Gasteiger partial charge on any atom is -0.462 e. The van der Waals surface area contributed by atoms with E-state index < -0.39 is 78.2 Å². The Morgan fingerprint density at radius 2 is 1.50 bits per heavy atom. The van der Waals surface area contributed by atoms with Crippen LogP contribution in [0.1, 0.15) is 47.0 Å². The maximum Gasteiger partial charge on any atom is 0.381 e. The maximum atomic E-state index is 14.0. The van der Waals surface area contributed by atoms with Crippen LogP contribution in [0.4, 0.5) is 35.1 Å². The molecule has 0 radical (unpaired) electrons. The fourth-order valence-corrected chi connectivity index (χ4v) is 3.92. The Bertz CT molecular complexity index is 863. The first-order valence-corrected chi connectivity index (χ1v) is 11.6. The molecule has 7 nitrogen and oxygen atoms in total. The average Bonchev–Trinajstić information content (AvgIpc) is 3.62. The number of carbonyl (C=O) groups excluding carboxylic acids is 3. The van der Waals surface area contributed by atoms with E-state index >= 15 is 0 Å². The van der Waals surface area contributed by atoms with Gasteiger partial charge in [0.15, 0.2) is 6.61 Å². The minimum atomic E-state index is -6.56. The van der Waals surface area contributed by atoms with Crippen LogP contribution in [0.15, 0.2) is 0 Å². The topological polar surface area (TPSA) is 85.4 Å². The van der Waals surface area contributed by atoms with Crippen molar-refractivity contribution >= 4 is 17.8 Å². The molecule has 222 valence electrons. The molecule has 0 aliphatic carbocycles. The second-order valence-corrected chi connectivity index (χ2v) is 10.5. The van der Waals surface area contributed by atoms with Gasteiger partial charge >= 0.3 is 36.1 Å². The van der Waals surface area contributed by atoms with E-state index in [-0.39, 0.29) is 19.1 Å². The molecular formula is C23H33F8NO6. The molecule has 38 heavy (non-hydrogen) atoms. The lowest BCUT2D eigenvalue weighted by molar-refractivity contribution is -0.344. The number of carbonyl (C=O) groups is 3. The average molecular weight is 572 g/mol. The fraction of sp³-hybridized carbons (Fsp3) is 0.870. The van der Waals surface area contributed by atoms with E-state index in [2.05, 4.69) is 4.74 Å². The van der Waals surface area contributed by atoms with Gasteiger partial charge in [0, 0.05) is 20.0 Å². The normalized spacial score (nSPS) is 19.0. The smallest absolute Gasteiger partial charge is 0.381 e. The van der Waals surface area contributed by atoms with Crippen LogP contribution >= 0.6 is 0 Å². The number of nitrogens with zero attached hydrogens (tertiary/aromatic N) is 1. The van der Waals surface area contributed by atoms with Crippen LogP contribution in [-0.2, 0) is 28.6 Å². The first-order chi connectivity index (χ1) is 17.1. The maximum absolute atomic E-state index is 14.0. The molecule has 1 aliphatic heterocycles. The summed E-state index contributed by atoms with van der Waals surface area (Å²) in [6, 6.07) is 0. The van der Waals surface area contributed by atoms with Gasteiger partial charge in [0.2, 0.25) is 5.91 Å². The third kappa shape index (κ3) is 7.69. The lowest BCUT2D eigenvalue weighted by Crippen LogP contribution is -2.59. The zero-order valence-electron chi connectivity index (χ0n) is 21.9. The number of epoxide rings is 1. The summed E-state index contributed by atoms with van der Waals surface area (Å²) >= 11 is 0. The summed E-state index contributed by atoms with van der Waals surface area (Å²) in [6.07, 6.45) is -6.19. The molecule has 1 saturated heterocycles. The second kappa shape index (κ2) is 11.9. The quantitative estimate of drug-likeness (QED) is 0.163. The molecule has 1 aliphatic rings. The van der Waals surface area contributed by atoms with E-state index in [9.17, 15) is 49.5 Å². The summed E-state index contributed by atoms with van der Waals surface area (Å²) in [5.74, 6) is -22.7. The molecule has 3 unspecified atom stereocenters. The Hall–Kier alpha value is -2.19.